The van der Waals surface area contributed by atoms with Crippen molar-refractivity contribution in [2.75, 3.05) is 51.0 Å². The molecule has 24 heavy (non-hydrogen) atoms. The second kappa shape index (κ2) is 9.75. The van der Waals surface area contributed by atoms with Crippen molar-refractivity contribution in [2.45, 2.75) is 13.3 Å². The fraction of sp³-hybridized carbons (Fsp3) is 0.529. The number of hydrogen-bond acceptors (Lipinski definition) is 6. The number of furan rings is 1. The fourth-order valence-corrected chi connectivity index (χ4v) is 2.28. The minimum Gasteiger partial charge on any atom is -0.441 e. The van der Waals surface area contributed by atoms with Crippen molar-refractivity contribution >= 4 is 17.9 Å². The predicted octanol–water partition coefficient (Wildman–Crippen LogP) is 1.57. The Bertz CT molecular complexity index is 597. The van der Waals surface area contributed by atoms with Crippen molar-refractivity contribution < 1.29 is 18.7 Å². The molecule has 1 aromatic rings. The molecular formula is C17H23N3O4. The fourth-order valence-electron chi connectivity index (χ4n) is 2.28. The van der Waals surface area contributed by atoms with Crippen LogP contribution in [-0.4, -0.2) is 52.0 Å². The summed E-state index contributed by atoms with van der Waals surface area (Å²) in [7, 11) is 0. The maximum absolute atomic E-state index is 12.0. The van der Waals surface area contributed by atoms with Crippen LogP contribution in [0.25, 0.3) is 6.08 Å². The molecular weight excluding hydrogens is 310 g/mol. The molecule has 0 radical (unpaired) electrons. The molecule has 7 nitrogen and oxygen atoms in total. The van der Waals surface area contributed by atoms with Crippen LogP contribution in [0.15, 0.2) is 22.1 Å². The predicted molar refractivity (Wildman–Crippen MR) is 89.4 cm³/mol. The Morgan fingerprint density at radius 1 is 1.46 bits per heavy atom. The van der Waals surface area contributed by atoms with E-state index in [-0.39, 0.29) is 5.57 Å². The van der Waals surface area contributed by atoms with Gasteiger partial charge < -0.3 is 24.1 Å². The third kappa shape index (κ3) is 5.41. The highest BCUT2D eigenvalue weighted by Gasteiger charge is 2.15. The lowest BCUT2D eigenvalue weighted by atomic mass is 10.2. The average molecular weight is 333 g/mol. The van der Waals surface area contributed by atoms with E-state index < -0.39 is 5.91 Å². The average Bonchev–Trinajstić information content (AvgIpc) is 3.08. The summed E-state index contributed by atoms with van der Waals surface area (Å²) in [5, 5.41) is 11.9. The largest absolute Gasteiger partial charge is 0.441 e. The molecule has 2 heterocycles. The molecule has 0 aliphatic carbocycles. The van der Waals surface area contributed by atoms with E-state index in [2.05, 4.69) is 10.2 Å². The molecule has 0 saturated carbocycles. The first-order valence-corrected chi connectivity index (χ1v) is 8.15. The van der Waals surface area contributed by atoms with Gasteiger partial charge >= 0.3 is 0 Å². The van der Waals surface area contributed by atoms with E-state index in [1.54, 1.807) is 6.07 Å². The van der Waals surface area contributed by atoms with E-state index in [9.17, 15) is 10.1 Å². The molecule has 0 bridgehead atoms. The molecule has 7 heteroatoms. The van der Waals surface area contributed by atoms with Gasteiger partial charge in [0.05, 0.1) is 13.2 Å². The number of ether oxygens (including phenoxy) is 2. The van der Waals surface area contributed by atoms with Crippen LogP contribution in [0.4, 0.5) is 5.88 Å². The normalized spacial score (nSPS) is 15.2. The summed E-state index contributed by atoms with van der Waals surface area (Å²) in [5.41, 5.74) is 0.0225. The van der Waals surface area contributed by atoms with E-state index in [1.165, 1.54) is 6.08 Å². The van der Waals surface area contributed by atoms with Crippen molar-refractivity contribution in [2.24, 2.45) is 0 Å². The SMILES string of the molecule is CCOCCCNC(=O)/C(C#N)=C\c1ccc(N2CCOCC2)o1. The van der Waals surface area contributed by atoms with Crippen LogP contribution in [-0.2, 0) is 14.3 Å². The number of carbonyl (C=O) groups is 1. The number of carbonyl (C=O) groups excluding carboxylic acids is 1. The summed E-state index contributed by atoms with van der Waals surface area (Å²) in [5.74, 6) is 0.801. The first-order chi connectivity index (χ1) is 11.7. The highest BCUT2D eigenvalue weighted by Crippen LogP contribution is 2.21. The monoisotopic (exact) mass is 333 g/mol. The first-order valence-electron chi connectivity index (χ1n) is 8.15. The second-order valence-electron chi connectivity index (χ2n) is 5.25. The summed E-state index contributed by atoms with van der Waals surface area (Å²) in [4.78, 5) is 14.1. The number of nitrogens with zero attached hydrogens (tertiary/aromatic N) is 2. The van der Waals surface area contributed by atoms with E-state index in [0.29, 0.717) is 45.2 Å². The molecule has 0 spiro atoms. The Balaban J connectivity index is 1.91. The van der Waals surface area contributed by atoms with Crippen LogP contribution in [0.3, 0.4) is 0 Å². The standard InChI is InChI=1S/C17H23N3O4/c1-2-22-9-3-6-19-17(21)14(13-18)12-15-4-5-16(24-15)20-7-10-23-11-8-20/h4-5,12H,2-3,6-11H2,1H3,(H,19,21)/b14-12-. The Morgan fingerprint density at radius 3 is 2.96 bits per heavy atom. The molecule has 2 rings (SSSR count). The smallest absolute Gasteiger partial charge is 0.262 e. The lowest BCUT2D eigenvalue weighted by Crippen LogP contribution is -2.35. The van der Waals surface area contributed by atoms with Gasteiger partial charge in [-0.3, -0.25) is 4.79 Å². The van der Waals surface area contributed by atoms with E-state index >= 15 is 0 Å². The van der Waals surface area contributed by atoms with Gasteiger partial charge in [0.25, 0.3) is 5.91 Å². The Hall–Kier alpha value is -2.30. The molecule has 1 amide bonds. The maximum Gasteiger partial charge on any atom is 0.262 e. The summed E-state index contributed by atoms with van der Waals surface area (Å²) in [6.45, 7) is 6.49. The maximum atomic E-state index is 12.0. The molecule has 1 aliphatic rings. The van der Waals surface area contributed by atoms with Gasteiger partial charge in [0.15, 0.2) is 5.88 Å². The zero-order chi connectivity index (χ0) is 17.2. The number of nitriles is 1. The topological polar surface area (TPSA) is 87.7 Å². The molecule has 1 aromatic heterocycles. The third-order valence-electron chi connectivity index (χ3n) is 3.54. The molecule has 1 aliphatic heterocycles. The van der Waals surface area contributed by atoms with E-state index in [0.717, 1.165) is 19.0 Å². The number of amides is 1. The molecule has 0 atom stereocenters. The van der Waals surface area contributed by atoms with Crippen LogP contribution in [0, 0.1) is 11.3 Å². The molecule has 130 valence electrons. The zero-order valence-electron chi connectivity index (χ0n) is 13.9. The van der Waals surface area contributed by atoms with Crippen molar-refractivity contribution in [1.29, 1.82) is 5.26 Å². The minimum absolute atomic E-state index is 0.0225. The minimum atomic E-state index is -0.404. The van der Waals surface area contributed by atoms with E-state index in [1.807, 2.05) is 19.1 Å². The summed E-state index contributed by atoms with van der Waals surface area (Å²) in [6, 6.07) is 5.51. The summed E-state index contributed by atoms with van der Waals surface area (Å²) in [6.07, 6.45) is 2.17. The quantitative estimate of drug-likeness (QED) is 0.441. The van der Waals surface area contributed by atoms with Crippen molar-refractivity contribution in [3.05, 3.63) is 23.5 Å². The highest BCUT2D eigenvalue weighted by molar-refractivity contribution is 6.01. The summed E-state index contributed by atoms with van der Waals surface area (Å²) >= 11 is 0. The summed E-state index contributed by atoms with van der Waals surface area (Å²) < 4.78 is 16.2. The van der Waals surface area contributed by atoms with Crippen LogP contribution >= 0.6 is 0 Å². The van der Waals surface area contributed by atoms with Crippen molar-refractivity contribution in [3.8, 4) is 6.07 Å². The number of morpholine rings is 1. The number of rotatable bonds is 8. The number of nitrogens with one attached hydrogen (secondary N) is 1. The van der Waals surface area contributed by atoms with Crippen LogP contribution < -0.4 is 10.2 Å². The zero-order valence-corrected chi connectivity index (χ0v) is 13.9. The van der Waals surface area contributed by atoms with Crippen LogP contribution in [0.2, 0.25) is 0 Å². The van der Waals surface area contributed by atoms with Gasteiger partial charge in [0.2, 0.25) is 0 Å². The molecule has 0 aromatic carbocycles. The molecule has 1 N–H and O–H groups in total. The van der Waals surface area contributed by atoms with Crippen molar-refractivity contribution in [1.82, 2.24) is 5.32 Å². The third-order valence-corrected chi connectivity index (χ3v) is 3.54. The van der Waals surface area contributed by atoms with Gasteiger partial charge in [-0.2, -0.15) is 5.26 Å². The van der Waals surface area contributed by atoms with E-state index in [4.69, 9.17) is 13.9 Å². The Kier molecular flexibility index (Phi) is 7.33. The number of hydrogen-bond donors (Lipinski definition) is 1. The number of anilines is 1. The van der Waals surface area contributed by atoms with Crippen LogP contribution in [0.5, 0.6) is 0 Å². The Labute approximate surface area is 141 Å². The van der Waals surface area contributed by atoms with Crippen LogP contribution in [0.1, 0.15) is 19.1 Å². The molecule has 0 unspecified atom stereocenters. The van der Waals surface area contributed by atoms with Gasteiger partial charge in [-0.25, -0.2) is 0 Å². The lowest BCUT2D eigenvalue weighted by molar-refractivity contribution is -0.117. The van der Waals surface area contributed by atoms with Gasteiger partial charge in [-0.1, -0.05) is 0 Å². The van der Waals surface area contributed by atoms with Gasteiger partial charge in [-0.05, 0) is 19.4 Å². The van der Waals surface area contributed by atoms with Gasteiger partial charge in [0, 0.05) is 45.0 Å². The van der Waals surface area contributed by atoms with Crippen molar-refractivity contribution in [3.63, 3.8) is 0 Å². The Morgan fingerprint density at radius 2 is 2.25 bits per heavy atom. The highest BCUT2D eigenvalue weighted by atomic mass is 16.5. The molecule has 1 saturated heterocycles. The van der Waals surface area contributed by atoms with Gasteiger partial charge in [-0.15, -0.1) is 0 Å². The second-order valence-corrected chi connectivity index (χ2v) is 5.25. The first kappa shape index (κ1) is 18.0. The lowest BCUT2D eigenvalue weighted by Gasteiger charge is -2.26. The van der Waals surface area contributed by atoms with Gasteiger partial charge in [0.1, 0.15) is 17.4 Å². The molecule has 1 fully saturated rings.